The Hall–Kier alpha value is -0.0800. The van der Waals surface area contributed by atoms with Crippen molar-refractivity contribution >= 4 is 0 Å². The lowest BCUT2D eigenvalue weighted by Gasteiger charge is -2.16. The lowest BCUT2D eigenvalue weighted by molar-refractivity contribution is 0.107. The number of unbranched alkanes of at least 4 members (excludes halogenated alkanes) is 2. The summed E-state index contributed by atoms with van der Waals surface area (Å²) in [6, 6.07) is 0.552. The van der Waals surface area contributed by atoms with Gasteiger partial charge in [0.25, 0.3) is 0 Å². The maximum absolute atomic E-state index is 5.62. The lowest BCUT2D eigenvalue weighted by Crippen LogP contribution is -2.33. The molecule has 2 nitrogen and oxygen atoms in total. The average Bonchev–Trinajstić information content (AvgIpc) is 2.22. The van der Waals surface area contributed by atoms with Crippen molar-refractivity contribution < 1.29 is 4.74 Å². The van der Waals surface area contributed by atoms with Gasteiger partial charge in [-0.3, -0.25) is 0 Å². The molecule has 0 aromatic heterocycles. The van der Waals surface area contributed by atoms with Gasteiger partial charge in [-0.05, 0) is 25.8 Å². The maximum atomic E-state index is 5.62. The summed E-state index contributed by atoms with van der Waals surface area (Å²) < 4.78 is 5.62. The Morgan fingerprint density at radius 2 is 1.86 bits per heavy atom. The van der Waals surface area contributed by atoms with Crippen molar-refractivity contribution in [1.82, 2.24) is 5.32 Å². The van der Waals surface area contributed by atoms with Crippen LogP contribution in [0.15, 0.2) is 0 Å². The van der Waals surface area contributed by atoms with Crippen LogP contribution in [-0.2, 0) is 4.74 Å². The normalized spacial score (nSPS) is 13.1. The van der Waals surface area contributed by atoms with Gasteiger partial charge in [-0.1, -0.05) is 33.6 Å². The molecule has 0 saturated heterocycles. The van der Waals surface area contributed by atoms with Gasteiger partial charge in [-0.25, -0.2) is 0 Å². The molecule has 0 saturated carbocycles. The summed E-state index contributed by atoms with van der Waals surface area (Å²) in [6.45, 7) is 9.54. The molecule has 0 aliphatic heterocycles. The Balaban J connectivity index is 3.24. The topological polar surface area (TPSA) is 21.3 Å². The van der Waals surface area contributed by atoms with Gasteiger partial charge in [-0.2, -0.15) is 0 Å². The second-order valence-electron chi connectivity index (χ2n) is 3.84. The van der Waals surface area contributed by atoms with Gasteiger partial charge in [0, 0.05) is 12.6 Å². The van der Waals surface area contributed by atoms with E-state index in [1.54, 1.807) is 0 Å². The SMILES string of the molecule is CCCCCOCC(CC)NCCC. The Kier molecular flexibility index (Phi) is 10.9. The molecule has 86 valence electrons. The van der Waals surface area contributed by atoms with Crippen LogP contribution in [-0.4, -0.2) is 25.8 Å². The van der Waals surface area contributed by atoms with E-state index in [9.17, 15) is 0 Å². The third kappa shape index (κ3) is 8.52. The minimum absolute atomic E-state index is 0.552. The van der Waals surface area contributed by atoms with E-state index in [0.717, 1.165) is 26.2 Å². The molecule has 0 heterocycles. The molecule has 0 fully saturated rings. The third-order valence-corrected chi connectivity index (χ3v) is 2.39. The van der Waals surface area contributed by atoms with Gasteiger partial charge in [0.2, 0.25) is 0 Å². The van der Waals surface area contributed by atoms with Crippen molar-refractivity contribution in [3.63, 3.8) is 0 Å². The Morgan fingerprint density at radius 1 is 1.07 bits per heavy atom. The van der Waals surface area contributed by atoms with E-state index in [1.807, 2.05) is 0 Å². The molecule has 14 heavy (non-hydrogen) atoms. The zero-order chi connectivity index (χ0) is 10.6. The fourth-order valence-corrected chi connectivity index (χ4v) is 1.35. The molecule has 0 aliphatic carbocycles. The van der Waals surface area contributed by atoms with E-state index in [0.29, 0.717) is 6.04 Å². The molecule has 0 radical (unpaired) electrons. The van der Waals surface area contributed by atoms with Gasteiger partial charge in [0.15, 0.2) is 0 Å². The highest BCUT2D eigenvalue weighted by Crippen LogP contribution is 1.97. The van der Waals surface area contributed by atoms with Crippen molar-refractivity contribution in [2.24, 2.45) is 0 Å². The van der Waals surface area contributed by atoms with Crippen LogP contribution >= 0.6 is 0 Å². The Morgan fingerprint density at radius 3 is 2.43 bits per heavy atom. The van der Waals surface area contributed by atoms with Crippen LogP contribution in [0.25, 0.3) is 0 Å². The lowest BCUT2D eigenvalue weighted by atomic mass is 10.2. The highest BCUT2D eigenvalue weighted by molar-refractivity contribution is 4.62. The van der Waals surface area contributed by atoms with E-state index in [2.05, 4.69) is 26.1 Å². The summed E-state index contributed by atoms with van der Waals surface area (Å²) in [5, 5.41) is 3.48. The van der Waals surface area contributed by atoms with Crippen molar-refractivity contribution in [1.29, 1.82) is 0 Å². The standard InChI is InChI=1S/C12H27NO/c1-4-7-8-10-14-11-12(6-3)13-9-5-2/h12-13H,4-11H2,1-3H3. The van der Waals surface area contributed by atoms with Crippen LogP contribution in [0.4, 0.5) is 0 Å². The monoisotopic (exact) mass is 201 g/mol. The molecule has 1 N–H and O–H groups in total. The van der Waals surface area contributed by atoms with E-state index < -0.39 is 0 Å². The van der Waals surface area contributed by atoms with Gasteiger partial charge in [0.1, 0.15) is 0 Å². The zero-order valence-corrected chi connectivity index (χ0v) is 10.1. The molecule has 0 spiro atoms. The second kappa shape index (κ2) is 11.0. The first-order valence-electron chi connectivity index (χ1n) is 6.16. The molecule has 0 amide bonds. The largest absolute Gasteiger partial charge is 0.380 e. The number of ether oxygens (including phenoxy) is 1. The van der Waals surface area contributed by atoms with Gasteiger partial charge >= 0.3 is 0 Å². The number of rotatable bonds is 10. The Labute approximate surface area is 89.4 Å². The average molecular weight is 201 g/mol. The van der Waals surface area contributed by atoms with Gasteiger partial charge in [-0.15, -0.1) is 0 Å². The van der Waals surface area contributed by atoms with E-state index in [-0.39, 0.29) is 0 Å². The first-order chi connectivity index (χ1) is 6.85. The van der Waals surface area contributed by atoms with Crippen LogP contribution in [0.5, 0.6) is 0 Å². The minimum Gasteiger partial charge on any atom is -0.380 e. The third-order valence-electron chi connectivity index (χ3n) is 2.39. The van der Waals surface area contributed by atoms with Crippen molar-refractivity contribution in [2.45, 2.75) is 58.9 Å². The van der Waals surface area contributed by atoms with Crippen molar-refractivity contribution in [3.8, 4) is 0 Å². The molecule has 0 bridgehead atoms. The first kappa shape index (κ1) is 13.9. The predicted molar refractivity (Wildman–Crippen MR) is 62.7 cm³/mol. The molecular formula is C12H27NO. The maximum Gasteiger partial charge on any atom is 0.0619 e. The molecule has 0 aromatic carbocycles. The summed E-state index contributed by atoms with van der Waals surface area (Å²) in [6.07, 6.45) is 6.13. The van der Waals surface area contributed by atoms with Crippen LogP contribution in [0.2, 0.25) is 0 Å². The highest BCUT2D eigenvalue weighted by atomic mass is 16.5. The predicted octanol–water partition coefficient (Wildman–Crippen LogP) is 2.97. The van der Waals surface area contributed by atoms with E-state index >= 15 is 0 Å². The van der Waals surface area contributed by atoms with Crippen LogP contribution < -0.4 is 5.32 Å². The first-order valence-corrected chi connectivity index (χ1v) is 6.16. The Bertz CT molecular complexity index is 106. The minimum atomic E-state index is 0.552. The molecule has 0 aromatic rings. The fourth-order valence-electron chi connectivity index (χ4n) is 1.35. The molecule has 0 rings (SSSR count). The van der Waals surface area contributed by atoms with Crippen molar-refractivity contribution in [3.05, 3.63) is 0 Å². The fraction of sp³-hybridized carbons (Fsp3) is 1.00. The molecule has 1 unspecified atom stereocenters. The summed E-state index contributed by atoms with van der Waals surface area (Å²) in [5.74, 6) is 0. The molecule has 2 heteroatoms. The zero-order valence-electron chi connectivity index (χ0n) is 10.1. The number of nitrogens with one attached hydrogen (secondary N) is 1. The van der Waals surface area contributed by atoms with Crippen molar-refractivity contribution in [2.75, 3.05) is 19.8 Å². The molecule has 0 aliphatic rings. The van der Waals surface area contributed by atoms with E-state index in [4.69, 9.17) is 4.74 Å². The van der Waals surface area contributed by atoms with Gasteiger partial charge in [0.05, 0.1) is 6.61 Å². The smallest absolute Gasteiger partial charge is 0.0619 e. The van der Waals surface area contributed by atoms with Crippen LogP contribution in [0.3, 0.4) is 0 Å². The second-order valence-corrected chi connectivity index (χ2v) is 3.84. The molecular weight excluding hydrogens is 174 g/mol. The van der Waals surface area contributed by atoms with Gasteiger partial charge < -0.3 is 10.1 Å². The summed E-state index contributed by atoms with van der Waals surface area (Å²) in [4.78, 5) is 0. The number of hydrogen-bond acceptors (Lipinski definition) is 2. The highest BCUT2D eigenvalue weighted by Gasteiger charge is 2.03. The molecule has 1 atom stereocenters. The van der Waals surface area contributed by atoms with Crippen LogP contribution in [0.1, 0.15) is 52.9 Å². The van der Waals surface area contributed by atoms with Crippen LogP contribution in [0, 0.1) is 0 Å². The summed E-state index contributed by atoms with van der Waals surface area (Å²) in [5.41, 5.74) is 0. The van der Waals surface area contributed by atoms with E-state index in [1.165, 1.54) is 25.7 Å². The number of hydrogen-bond donors (Lipinski definition) is 1. The summed E-state index contributed by atoms with van der Waals surface area (Å²) in [7, 11) is 0. The quantitative estimate of drug-likeness (QED) is 0.549. The summed E-state index contributed by atoms with van der Waals surface area (Å²) >= 11 is 0.